The van der Waals surface area contributed by atoms with Crippen molar-refractivity contribution >= 4 is 11.8 Å². The van der Waals surface area contributed by atoms with E-state index in [1.54, 1.807) is 0 Å². The van der Waals surface area contributed by atoms with Gasteiger partial charge in [0.05, 0.1) is 5.92 Å². The first-order chi connectivity index (χ1) is 14.7. The van der Waals surface area contributed by atoms with Crippen LogP contribution >= 0.6 is 0 Å². The third-order valence-electron chi connectivity index (χ3n) is 5.78. The number of ether oxygens (including phenoxy) is 2. The van der Waals surface area contributed by atoms with Crippen molar-refractivity contribution in [2.24, 2.45) is 5.92 Å². The minimum Gasteiger partial charge on any atom is -0.486 e. The molecule has 1 saturated heterocycles. The summed E-state index contributed by atoms with van der Waals surface area (Å²) in [4.78, 5) is 29.3. The zero-order chi connectivity index (χ0) is 20.9. The van der Waals surface area contributed by atoms with Crippen molar-refractivity contribution in [3.63, 3.8) is 0 Å². The van der Waals surface area contributed by atoms with Crippen LogP contribution in [0.3, 0.4) is 0 Å². The lowest BCUT2D eigenvalue weighted by atomic mass is 10.1. The Morgan fingerprint density at radius 3 is 2.70 bits per heavy atom. The summed E-state index contributed by atoms with van der Waals surface area (Å²) >= 11 is 0. The monoisotopic (exact) mass is 408 g/mol. The lowest BCUT2D eigenvalue weighted by molar-refractivity contribution is -0.136. The van der Waals surface area contributed by atoms with Gasteiger partial charge in [-0.3, -0.25) is 9.59 Å². The Morgan fingerprint density at radius 1 is 1.10 bits per heavy atom. The number of hydrogen-bond donors (Lipinski definition) is 0. The van der Waals surface area contributed by atoms with Gasteiger partial charge in [-0.25, -0.2) is 0 Å². The summed E-state index contributed by atoms with van der Waals surface area (Å²) in [5.41, 5.74) is 2.14. The molecule has 1 unspecified atom stereocenters. The fourth-order valence-corrected chi connectivity index (χ4v) is 4.13. The van der Waals surface area contributed by atoms with Gasteiger partial charge in [0, 0.05) is 38.2 Å². The Kier molecular flexibility index (Phi) is 6.21. The van der Waals surface area contributed by atoms with E-state index in [0.29, 0.717) is 39.4 Å². The lowest BCUT2D eigenvalue weighted by Crippen LogP contribution is -2.37. The number of likely N-dealkylation sites (tertiary alicyclic amines) is 1. The zero-order valence-electron chi connectivity index (χ0n) is 17.4. The molecule has 4 rings (SSSR count). The summed E-state index contributed by atoms with van der Waals surface area (Å²) in [7, 11) is 0. The maximum atomic E-state index is 13.2. The molecule has 2 aliphatic rings. The molecule has 2 heterocycles. The number of amides is 2. The van der Waals surface area contributed by atoms with Crippen molar-refractivity contribution in [1.29, 1.82) is 0 Å². The molecule has 2 aromatic carbocycles. The maximum Gasteiger partial charge on any atom is 0.228 e. The summed E-state index contributed by atoms with van der Waals surface area (Å²) in [5.74, 6) is 1.26. The SMILES string of the molecule is CCN(Cc1cccc2c1OCCO2)C(=O)C1CC(=O)N(CCc2ccccc2)C1. The highest BCUT2D eigenvalue weighted by Crippen LogP contribution is 2.34. The fraction of sp³-hybridized carbons (Fsp3) is 0.417. The van der Waals surface area contributed by atoms with E-state index in [1.807, 2.05) is 53.1 Å². The van der Waals surface area contributed by atoms with E-state index in [1.165, 1.54) is 5.56 Å². The van der Waals surface area contributed by atoms with Gasteiger partial charge in [-0.1, -0.05) is 42.5 Å². The minimum atomic E-state index is -0.287. The van der Waals surface area contributed by atoms with Gasteiger partial charge >= 0.3 is 0 Å². The van der Waals surface area contributed by atoms with Crippen molar-refractivity contribution < 1.29 is 19.1 Å². The van der Waals surface area contributed by atoms with Gasteiger partial charge in [-0.05, 0) is 25.0 Å². The number of rotatable bonds is 7. The summed E-state index contributed by atoms with van der Waals surface area (Å²) in [6.45, 7) is 5.19. The summed E-state index contributed by atoms with van der Waals surface area (Å²) in [6.07, 6.45) is 1.09. The summed E-state index contributed by atoms with van der Waals surface area (Å²) in [6, 6.07) is 15.9. The number of para-hydroxylation sites is 1. The predicted molar refractivity (Wildman–Crippen MR) is 113 cm³/mol. The molecule has 6 nitrogen and oxygen atoms in total. The Bertz CT molecular complexity index is 899. The Balaban J connectivity index is 1.39. The van der Waals surface area contributed by atoms with Crippen LogP contribution in [0.15, 0.2) is 48.5 Å². The molecule has 1 fully saturated rings. The molecule has 30 heavy (non-hydrogen) atoms. The molecule has 0 aromatic heterocycles. The average molecular weight is 408 g/mol. The zero-order valence-corrected chi connectivity index (χ0v) is 17.4. The second kappa shape index (κ2) is 9.20. The van der Waals surface area contributed by atoms with E-state index in [9.17, 15) is 9.59 Å². The van der Waals surface area contributed by atoms with Crippen LogP contribution in [0, 0.1) is 5.92 Å². The van der Waals surface area contributed by atoms with Crippen molar-refractivity contribution in [2.75, 3.05) is 32.8 Å². The Labute approximate surface area is 177 Å². The lowest BCUT2D eigenvalue weighted by Gasteiger charge is -2.27. The molecule has 0 bridgehead atoms. The number of fused-ring (bicyclic) bond motifs is 1. The second-order valence-corrected chi connectivity index (χ2v) is 7.77. The molecule has 6 heteroatoms. The first-order valence-corrected chi connectivity index (χ1v) is 10.6. The maximum absolute atomic E-state index is 13.2. The van der Waals surface area contributed by atoms with Crippen LogP contribution in [0.5, 0.6) is 11.5 Å². The van der Waals surface area contributed by atoms with Crippen LogP contribution < -0.4 is 9.47 Å². The largest absolute Gasteiger partial charge is 0.486 e. The van der Waals surface area contributed by atoms with E-state index < -0.39 is 0 Å². The van der Waals surface area contributed by atoms with E-state index in [4.69, 9.17) is 9.47 Å². The smallest absolute Gasteiger partial charge is 0.228 e. The van der Waals surface area contributed by atoms with Gasteiger partial charge in [0.25, 0.3) is 0 Å². The van der Waals surface area contributed by atoms with E-state index >= 15 is 0 Å². The molecule has 0 saturated carbocycles. The van der Waals surface area contributed by atoms with E-state index in [0.717, 1.165) is 23.5 Å². The molecule has 2 amide bonds. The fourth-order valence-electron chi connectivity index (χ4n) is 4.13. The number of carbonyl (C=O) groups excluding carboxylic acids is 2. The first kappa shape index (κ1) is 20.3. The third-order valence-corrected chi connectivity index (χ3v) is 5.78. The Hall–Kier alpha value is -3.02. The van der Waals surface area contributed by atoms with Crippen molar-refractivity contribution in [3.05, 3.63) is 59.7 Å². The van der Waals surface area contributed by atoms with Crippen LogP contribution in [0.1, 0.15) is 24.5 Å². The topological polar surface area (TPSA) is 59.1 Å². The predicted octanol–water partition coefficient (Wildman–Crippen LogP) is 2.90. The van der Waals surface area contributed by atoms with E-state index in [2.05, 4.69) is 12.1 Å². The highest BCUT2D eigenvalue weighted by molar-refractivity contribution is 5.89. The number of hydrogen-bond acceptors (Lipinski definition) is 4. The molecule has 0 N–H and O–H groups in total. The van der Waals surface area contributed by atoms with Gasteiger partial charge in [-0.15, -0.1) is 0 Å². The summed E-state index contributed by atoms with van der Waals surface area (Å²) in [5, 5.41) is 0. The second-order valence-electron chi connectivity index (χ2n) is 7.77. The third kappa shape index (κ3) is 4.42. The summed E-state index contributed by atoms with van der Waals surface area (Å²) < 4.78 is 11.4. The molecule has 2 aromatic rings. The van der Waals surface area contributed by atoms with Gasteiger partial charge in [0.1, 0.15) is 13.2 Å². The highest BCUT2D eigenvalue weighted by Gasteiger charge is 2.36. The average Bonchev–Trinajstić information content (AvgIpc) is 3.17. The molecular weight excluding hydrogens is 380 g/mol. The van der Waals surface area contributed by atoms with E-state index in [-0.39, 0.29) is 24.2 Å². The van der Waals surface area contributed by atoms with Crippen molar-refractivity contribution in [1.82, 2.24) is 9.80 Å². The number of benzene rings is 2. The number of carbonyl (C=O) groups is 2. The molecular formula is C24H28N2O4. The Morgan fingerprint density at radius 2 is 1.90 bits per heavy atom. The molecule has 0 spiro atoms. The van der Waals surface area contributed by atoms with Crippen LogP contribution in [0.25, 0.3) is 0 Å². The van der Waals surface area contributed by atoms with Crippen LogP contribution in [0.2, 0.25) is 0 Å². The standard InChI is InChI=1S/C24H28N2O4/c1-2-25(16-19-9-6-10-21-23(19)30-14-13-29-21)24(28)20-15-22(27)26(17-20)12-11-18-7-4-3-5-8-18/h3-10,20H,2,11-17H2,1H3. The number of nitrogens with zero attached hydrogens (tertiary/aromatic N) is 2. The molecule has 2 aliphatic heterocycles. The van der Waals surface area contributed by atoms with Crippen LogP contribution in [-0.4, -0.2) is 54.5 Å². The molecule has 0 radical (unpaired) electrons. The van der Waals surface area contributed by atoms with Gasteiger partial charge in [0.15, 0.2) is 11.5 Å². The van der Waals surface area contributed by atoms with Crippen LogP contribution in [-0.2, 0) is 22.6 Å². The normalized spacial score (nSPS) is 17.8. The van der Waals surface area contributed by atoms with Crippen molar-refractivity contribution in [3.8, 4) is 11.5 Å². The molecule has 1 atom stereocenters. The highest BCUT2D eigenvalue weighted by atomic mass is 16.6. The minimum absolute atomic E-state index is 0.0300. The van der Waals surface area contributed by atoms with Gasteiger partial charge < -0.3 is 19.3 Å². The van der Waals surface area contributed by atoms with Gasteiger partial charge in [-0.2, -0.15) is 0 Å². The quantitative estimate of drug-likeness (QED) is 0.707. The molecule has 158 valence electrons. The van der Waals surface area contributed by atoms with Crippen molar-refractivity contribution in [2.45, 2.75) is 26.3 Å². The first-order valence-electron chi connectivity index (χ1n) is 10.6. The molecule has 0 aliphatic carbocycles. The van der Waals surface area contributed by atoms with Crippen LogP contribution in [0.4, 0.5) is 0 Å². The van der Waals surface area contributed by atoms with Gasteiger partial charge in [0.2, 0.25) is 11.8 Å².